The molecule has 1 aromatic heterocycles. The van der Waals surface area contributed by atoms with Crippen LogP contribution < -0.4 is 5.73 Å². The molecule has 0 saturated heterocycles. The quantitative estimate of drug-likeness (QED) is 0.349. The van der Waals surface area contributed by atoms with Crippen molar-refractivity contribution in [2.45, 2.75) is 6.54 Å². The third-order valence-electron chi connectivity index (χ3n) is 3.40. The maximum Gasteiger partial charge on any atom is 0.256 e. The summed E-state index contributed by atoms with van der Waals surface area (Å²) in [6, 6.07) is 3.96. The zero-order valence-corrected chi connectivity index (χ0v) is 11.1. The SMILES string of the molecule is CN1Cc2c(C(N)=NO)ncn2-c2ccc(F)cc2C1=O. The number of oxime groups is 1. The third kappa shape index (κ3) is 1.92. The first-order valence-corrected chi connectivity index (χ1v) is 6.12. The molecule has 0 fully saturated rings. The number of hydrogen-bond donors (Lipinski definition) is 2. The largest absolute Gasteiger partial charge is 0.409 e. The number of nitrogens with two attached hydrogens (primary N) is 1. The number of aromatic nitrogens is 2. The van der Waals surface area contributed by atoms with Crippen molar-refractivity contribution >= 4 is 11.7 Å². The van der Waals surface area contributed by atoms with Crippen molar-refractivity contribution in [3.05, 3.63) is 47.3 Å². The van der Waals surface area contributed by atoms with Crippen LogP contribution in [0.5, 0.6) is 0 Å². The number of amidine groups is 1. The number of amides is 1. The van der Waals surface area contributed by atoms with Crippen molar-refractivity contribution in [2.75, 3.05) is 7.05 Å². The standard InChI is InChI=1S/C13H12FN5O2/c1-18-5-10-11(12(15)17-21)16-6-19(10)9-3-2-7(14)4-8(9)13(18)20/h2-4,6,21H,5H2,1H3,(H2,15,17). The van der Waals surface area contributed by atoms with Crippen LogP contribution in [0.25, 0.3) is 5.69 Å². The van der Waals surface area contributed by atoms with E-state index in [0.29, 0.717) is 11.4 Å². The summed E-state index contributed by atoms with van der Waals surface area (Å²) in [7, 11) is 1.59. The number of rotatable bonds is 1. The van der Waals surface area contributed by atoms with Gasteiger partial charge in [-0.05, 0) is 18.2 Å². The van der Waals surface area contributed by atoms with Crippen molar-refractivity contribution in [1.82, 2.24) is 14.5 Å². The van der Waals surface area contributed by atoms with Gasteiger partial charge in [-0.15, -0.1) is 0 Å². The van der Waals surface area contributed by atoms with Gasteiger partial charge in [0.25, 0.3) is 5.91 Å². The third-order valence-corrected chi connectivity index (χ3v) is 3.40. The summed E-state index contributed by atoms with van der Waals surface area (Å²) in [5.41, 5.74) is 7.22. The number of benzene rings is 1. The summed E-state index contributed by atoms with van der Waals surface area (Å²) >= 11 is 0. The van der Waals surface area contributed by atoms with Gasteiger partial charge in [-0.25, -0.2) is 9.37 Å². The number of fused-ring (bicyclic) bond motifs is 3. The molecule has 1 aliphatic heterocycles. The molecule has 1 amide bonds. The summed E-state index contributed by atoms with van der Waals surface area (Å²) in [5, 5.41) is 11.8. The minimum Gasteiger partial charge on any atom is -0.409 e. The molecule has 0 saturated carbocycles. The molecule has 3 rings (SSSR count). The zero-order chi connectivity index (χ0) is 15.1. The van der Waals surface area contributed by atoms with Gasteiger partial charge in [0.1, 0.15) is 17.8 Å². The molecule has 2 heterocycles. The van der Waals surface area contributed by atoms with E-state index in [0.717, 1.165) is 0 Å². The molecule has 21 heavy (non-hydrogen) atoms. The van der Waals surface area contributed by atoms with E-state index in [-0.39, 0.29) is 29.5 Å². The van der Waals surface area contributed by atoms with Crippen molar-refractivity contribution in [2.24, 2.45) is 10.9 Å². The minimum atomic E-state index is -0.490. The van der Waals surface area contributed by atoms with E-state index < -0.39 is 5.82 Å². The van der Waals surface area contributed by atoms with E-state index in [1.54, 1.807) is 11.6 Å². The van der Waals surface area contributed by atoms with Crippen molar-refractivity contribution in [3.63, 3.8) is 0 Å². The van der Waals surface area contributed by atoms with Gasteiger partial charge in [0.05, 0.1) is 23.5 Å². The monoisotopic (exact) mass is 289 g/mol. The fourth-order valence-corrected chi connectivity index (χ4v) is 2.39. The normalized spacial score (nSPS) is 14.7. The van der Waals surface area contributed by atoms with Gasteiger partial charge >= 0.3 is 0 Å². The van der Waals surface area contributed by atoms with E-state index in [1.165, 1.54) is 29.4 Å². The highest BCUT2D eigenvalue weighted by molar-refractivity contribution is 6.00. The average Bonchev–Trinajstić information content (AvgIpc) is 2.85. The first-order chi connectivity index (χ1) is 10.0. The molecule has 0 spiro atoms. The Labute approximate surface area is 119 Å². The maximum absolute atomic E-state index is 13.4. The van der Waals surface area contributed by atoms with E-state index in [9.17, 15) is 9.18 Å². The van der Waals surface area contributed by atoms with Gasteiger partial charge < -0.3 is 15.8 Å². The number of carbonyl (C=O) groups excluding carboxylic acids is 1. The number of halogens is 1. The molecule has 0 bridgehead atoms. The smallest absolute Gasteiger partial charge is 0.256 e. The fourth-order valence-electron chi connectivity index (χ4n) is 2.39. The molecule has 3 N–H and O–H groups in total. The highest BCUT2D eigenvalue weighted by Gasteiger charge is 2.27. The fraction of sp³-hybridized carbons (Fsp3) is 0.154. The van der Waals surface area contributed by atoms with Gasteiger partial charge in [-0.2, -0.15) is 0 Å². The predicted molar refractivity (Wildman–Crippen MR) is 71.8 cm³/mol. The molecular formula is C13H12FN5O2. The van der Waals surface area contributed by atoms with Crippen LogP contribution in [-0.4, -0.2) is 38.4 Å². The van der Waals surface area contributed by atoms with E-state index in [1.807, 2.05) is 0 Å². The molecule has 2 aromatic rings. The Bertz CT molecular complexity index is 768. The Morgan fingerprint density at radius 1 is 1.52 bits per heavy atom. The van der Waals surface area contributed by atoms with E-state index in [4.69, 9.17) is 10.9 Å². The van der Waals surface area contributed by atoms with Gasteiger partial charge in [0.2, 0.25) is 0 Å². The minimum absolute atomic E-state index is 0.143. The lowest BCUT2D eigenvalue weighted by Gasteiger charge is -2.14. The number of nitrogens with zero attached hydrogens (tertiary/aromatic N) is 4. The van der Waals surface area contributed by atoms with Crippen LogP contribution in [0, 0.1) is 5.82 Å². The second-order valence-corrected chi connectivity index (χ2v) is 4.72. The van der Waals surface area contributed by atoms with Crippen molar-refractivity contribution < 1.29 is 14.4 Å². The highest BCUT2D eigenvalue weighted by Crippen LogP contribution is 2.26. The van der Waals surface area contributed by atoms with Crippen molar-refractivity contribution in [3.8, 4) is 5.69 Å². The zero-order valence-electron chi connectivity index (χ0n) is 11.1. The molecular weight excluding hydrogens is 277 g/mol. The van der Waals surface area contributed by atoms with Gasteiger partial charge in [-0.1, -0.05) is 5.16 Å². The van der Waals surface area contributed by atoms with E-state index >= 15 is 0 Å². The highest BCUT2D eigenvalue weighted by atomic mass is 19.1. The number of imidazole rings is 1. The summed E-state index contributed by atoms with van der Waals surface area (Å²) in [5.74, 6) is -0.940. The Morgan fingerprint density at radius 2 is 2.29 bits per heavy atom. The van der Waals surface area contributed by atoms with Crippen LogP contribution in [0.15, 0.2) is 29.7 Å². The molecule has 7 nitrogen and oxygen atoms in total. The van der Waals surface area contributed by atoms with E-state index in [2.05, 4.69) is 10.1 Å². The summed E-state index contributed by atoms with van der Waals surface area (Å²) in [6.45, 7) is 0.209. The van der Waals surface area contributed by atoms with Crippen LogP contribution in [-0.2, 0) is 6.54 Å². The van der Waals surface area contributed by atoms with Gasteiger partial charge in [0.15, 0.2) is 5.84 Å². The molecule has 1 aromatic carbocycles. The second-order valence-electron chi connectivity index (χ2n) is 4.72. The van der Waals surface area contributed by atoms with Crippen LogP contribution in [0.3, 0.4) is 0 Å². The summed E-state index contributed by atoms with van der Waals surface area (Å²) in [6.07, 6.45) is 1.46. The number of carbonyl (C=O) groups is 1. The lowest BCUT2D eigenvalue weighted by Crippen LogP contribution is -2.26. The molecule has 0 unspecified atom stereocenters. The Kier molecular flexibility index (Phi) is 2.86. The predicted octanol–water partition coefficient (Wildman–Crippen LogP) is 0.691. The topological polar surface area (TPSA) is 96.7 Å². The first-order valence-electron chi connectivity index (χ1n) is 6.12. The Balaban J connectivity index is 2.29. The van der Waals surface area contributed by atoms with Gasteiger partial charge in [0, 0.05) is 7.05 Å². The van der Waals surface area contributed by atoms with Crippen LogP contribution in [0.2, 0.25) is 0 Å². The Hall–Kier alpha value is -2.90. The molecule has 8 heteroatoms. The van der Waals surface area contributed by atoms with Gasteiger partial charge in [-0.3, -0.25) is 9.36 Å². The Morgan fingerprint density at radius 3 is 3.00 bits per heavy atom. The molecule has 0 aliphatic carbocycles. The molecule has 0 radical (unpaired) electrons. The molecule has 1 aliphatic rings. The number of hydrogen-bond acceptors (Lipinski definition) is 4. The summed E-state index contributed by atoms with van der Waals surface area (Å²) < 4.78 is 15.1. The summed E-state index contributed by atoms with van der Waals surface area (Å²) in [4.78, 5) is 17.9. The van der Waals surface area contributed by atoms with Crippen LogP contribution >= 0.6 is 0 Å². The maximum atomic E-state index is 13.4. The lowest BCUT2D eigenvalue weighted by atomic mass is 10.1. The second kappa shape index (κ2) is 4.58. The van der Waals surface area contributed by atoms with Crippen LogP contribution in [0.1, 0.15) is 21.7 Å². The lowest BCUT2D eigenvalue weighted by molar-refractivity contribution is 0.0787. The average molecular weight is 289 g/mol. The van der Waals surface area contributed by atoms with Crippen molar-refractivity contribution in [1.29, 1.82) is 0 Å². The van der Waals surface area contributed by atoms with Crippen LogP contribution in [0.4, 0.5) is 4.39 Å². The first kappa shape index (κ1) is 13.1. The molecule has 108 valence electrons. The molecule has 0 atom stereocenters.